The molecule has 1 N–H and O–H groups in total. The van der Waals surface area contributed by atoms with Crippen molar-refractivity contribution in [1.82, 2.24) is 4.72 Å². The number of alkyl halides is 3. The van der Waals surface area contributed by atoms with Crippen molar-refractivity contribution in [2.75, 3.05) is 18.6 Å². The van der Waals surface area contributed by atoms with Gasteiger partial charge in [0.15, 0.2) is 9.84 Å². The average Bonchev–Trinajstić information content (AvgIpc) is 2.60. The lowest BCUT2D eigenvalue weighted by Crippen LogP contribution is -2.26. The Balaban J connectivity index is 1.86. The molecule has 2 aromatic carbocycles. The molecule has 2 aromatic rings. The van der Waals surface area contributed by atoms with Crippen molar-refractivity contribution in [3.05, 3.63) is 59.7 Å². The second-order valence-electron chi connectivity index (χ2n) is 5.89. The summed E-state index contributed by atoms with van der Waals surface area (Å²) in [5.41, 5.74) is -0.152. The van der Waals surface area contributed by atoms with Crippen molar-refractivity contribution in [2.45, 2.75) is 21.7 Å². The van der Waals surface area contributed by atoms with Crippen LogP contribution in [0.1, 0.15) is 11.1 Å². The number of sulfone groups is 1. The van der Waals surface area contributed by atoms with Crippen LogP contribution >= 0.6 is 11.8 Å². The Morgan fingerprint density at radius 3 is 2.18 bits per heavy atom. The lowest BCUT2D eigenvalue weighted by molar-refractivity contribution is -0.137. The summed E-state index contributed by atoms with van der Waals surface area (Å²) < 4.78 is 87.5. The van der Waals surface area contributed by atoms with Gasteiger partial charge in [-0.2, -0.15) is 24.9 Å². The maximum absolute atomic E-state index is 12.7. The molecule has 0 spiro atoms. The zero-order valence-electron chi connectivity index (χ0n) is 14.7. The first-order chi connectivity index (χ1) is 12.9. The third kappa shape index (κ3) is 6.50. The van der Waals surface area contributed by atoms with Crippen LogP contribution in [0.2, 0.25) is 0 Å². The van der Waals surface area contributed by atoms with Crippen molar-refractivity contribution >= 4 is 31.6 Å². The van der Waals surface area contributed by atoms with E-state index in [9.17, 15) is 30.0 Å². The first kappa shape index (κ1) is 22.7. The van der Waals surface area contributed by atoms with Crippen molar-refractivity contribution in [2.24, 2.45) is 0 Å². The van der Waals surface area contributed by atoms with Gasteiger partial charge in [0.05, 0.1) is 15.4 Å². The molecule has 0 aliphatic heterocycles. The third-order valence-corrected chi connectivity index (χ3v) is 7.25. The van der Waals surface area contributed by atoms with E-state index in [2.05, 4.69) is 4.72 Å². The molecule has 154 valence electrons. The zero-order valence-corrected chi connectivity index (χ0v) is 17.2. The fraction of sp³-hybridized carbons (Fsp3) is 0.294. The van der Waals surface area contributed by atoms with Gasteiger partial charge >= 0.3 is 6.18 Å². The van der Waals surface area contributed by atoms with E-state index in [1.807, 2.05) is 0 Å². The molecule has 11 heteroatoms. The van der Waals surface area contributed by atoms with Crippen LogP contribution in [0.4, 0.5) is 13.2 Å². The number of hydrogen-bond acceptors (Lipinski definition) is 5. The van der Waals surface area contributed by atoms with E-state index in [1.165, 1.54) is 23.9 Å². The minimum Gasteiger partial charge on any atom is -0.224 e. The van der Waals surface area contributed by atoms with Crippen LogP contribution < -0.4 is 4.72 Å². The summed E-state index contributed by atoms with van der Waals surface area (Å²) in [5.74, 6) is 0.932. The predicted molar refractivity (Wildman–Crippen MR) is 102 cm³/mol. The van der Waals surface area contributed by atoms with E-state index in [0.29, 0.717) is 17.6 Å². The number of rotatable bonds is 8. The molecule has 0 aromatic heterocycles. The molecular formula is C17H18F3NO4S3. The number of benzene rings is 2. The zero-order chi connectivity index (χ0) is 21.0. The molecule has 0 fully saturated rings. The highest BCUT2D eigenvalue weighted by Crippen LogP contribution is 2.30. The minimum absolute atomic E-state index is 0.0463. The molecule has 28 heavy (non-hydrogen) atoms. The lowest BCUT2D eigenvalue weighted by atomic mass is 10.2. The maximum Gasteiger partial charge on any atom is 0.416 e. The van der Waals surface area contributed by atoms with Gasteiger partial charge in [0.1, 0.15) is 0 Å². The molecular weight excluding hydrogens is 435 g/mol. The summed E-state index contributed by atoms with van der Waals surface area (Å²) in [6, 6.07) is 9.92. The topological polar surface area (TPSA) is 80.3 Å². The van der Waals surface area contributed by atoms with Crippen molar-refractivity contribution in [1.29, 1.82) is 0 Å². The monoisotopic (exact) mass is 453 g/mol. The molecule has 0 radical (unpaired) electrons. The van der Waals surface area contributed by atoms with Crippen LogP contribution in [0.15, 0.2) is 58.3 Å². The Morgan fingerprint density at radius 2 is 1.61 bits per heavy atom. The average molecular weight is 454 g/mol. The summed E-state index contributed by atoms with van der Waals surface area (Å²) in [7, 11) is -7.30. The summed E-state index contributed by atoms with van der Waals surface area (Å²) in [6.45, 7) is 0.0463. The third-order valence-electron chi connectivity index (χ3n) is 3.63. The van der Waals surface area contributed by atoms with Gasteiger partial charge in [0, 0.05) is 24.3 Å². The quantitative estimate of drug-likeness (QED) is 0.621. The van der Waals surface area contributed by atoms with E-state index in [0.717, 1.165) is 30.0 Å². The number of hydrogen-bond donors (Lipinski definition) is 1. The Morgan fingerprint density at radius 1 is 0.964 bits per heavy atom. The van der Waals surface area contributed by atoms with Crippen LogP contribution in [-0.4, -0.2) is 35.4 Å². The molecule has 2 rings (SSSR count). The van der Waals surface area contributed by atoms with Crippen LogP contribution in [0.3, 0.4) is 0 Å². The molecule has 0 unspecified atom stereocenters. The van der Waals surface area contributed by atoms with Gasteiger partial charge in [-0.1, -0.05) is 18.2 Å². The normalized spacial score (nSPS) is 12.9. The van der Waals surface area contributed by atoms with Crippen molar-refractivity contribution < 1.29 is 30.0 Å². The van der Waals surface area contributed by atoms with E-state index in [4.69, 9.17) is 0 Å². The van der Waals surface area contributed by atoms with Crippen LogP contribution in [-0.2, 0) is 31.8 Å². The summed E-state index contributed by atoms with van der Waals surface area (Å²) in [5, 5.41) is 0. The fourth-order valence-corrected chi connectivity index (χ4v) is 4.85. The second-order valence-corrected chi connectivity index (χ2v) is 10.8. The van der Waals surface area contributed by atoms with Gasteiger partial charge in [0.2, 0.25) is 10.0 Å². The van der Waals surface area contributed by atoms with Gasteiger partial charge in [-0.3, -0.25) is 0 Å². The number of sulfonamides is 1. The van der Waals surface area contributed by atoms with Gasteiger partial charge in [-0.15, -0.1) is 0 Å². The summed E-state index contributed by atoms with van der Waals surface area (Å²) in [6.07, 6.45) is -3.50. The summed E-state index contributed by atoms with van der Waals surface area (Å²) in [4.78, 5) is -0.223. The van der Waals surface area contributed by atoms with Gasteiger partial charge in [0.25, 0.3) is 0 Å². The van der Waals surface area contributed by atoms with E-state index in [-0.39, 0.29) is 11.4 Å². The number of nitrogens with one attached hydrogen (secondary N) is 1. The molecule has 0 amide bonds. The lowest BCUT2D eigenvalue weighted by Gasteiger charge is -2.10. The highest BCUT2D eigenvalue weighted by molar-refractivity contribution is 7.98. The Labute approximate surface area is 166 Å². The minimum atomic E-state index is -4.62. The van der Waals surface area contributed by atoms with Crippen LogP contribution in [0.5, 0.6) is 0 Å². The molecule has 0 bridgehead atoms. The standard InChI is InChI=1S/C17H18F3NO4S3/c1-27(22,23)15-7-5-13(6-8-15)12-26-10-9-21-28(24,25)16-4-2-3-14(11-16)17(18,19)20/h2-8,11,21H,9-10,12H2,1H3. The Hall–Kier alpha value is -1.56. The fourth-order valence-electron chi connectivity index (χ4n) is 2.19. The van der Waals surface area contributed by atoms with E-state index in [1.54, 1.807) is 12.1 Å². The first-order valence-corrected chi connectivity index (χ1v) is 12.5. The molecule has 0 atom stereocenters. The molecule has 0 saturated carbocycles. The van der Waals surface area contributed by atoms with Gasteiger partial charge in [-0.05, 0) is 35.9 Å². The first-order valence-electron chi connectivity index (χ1n) is 7.93. The van der Waals surface area contributed by atoms with Crippen molar-refractivity contribution in [3.8, 4) is 0 Å². The molecule has 0 aliphatic carbocycles. The predicted octanol–water partition coefficient (Wildman–Crippen LogP) is 3.32. The molecule has 0 heterocycles. The second kappa shape index (κ2) is 8.85. The number of thioether (sulfide) groups is 1. The Kier molecular flexibility index (Phi) is 7.18. The van der Waals surface area contributed by atoms with Gasteiger partial charge in [-0.25, -0.2) is 21.6 Å². The molecule has 0 aliphatic rings. The highest BCUT2D eigenvalue weighted by Gasteiger charge is 2.31. The van der Waals surface area contributed by atoms with Crippen LogP contribution in [0.25, 0.3) is 0 Å². The Bertz CT molecular complexity index is 1020. The largest absolute Gasteiger partial charge is 0.416 e. The molecule has 0 saturated heterocycles. The van der Waals surface area contributed by atoms with Crippen LogP contribution in [0, 0.1) is 0 Å². The van der Waals surface area contributed by atoms with Crippen molar-refractivity contribution in [3.63, 3.8) is 0 Å². The maximum atomic E-state index is 12.7. The van der Waals surface area contributed by atoms with Gasteiger partial charge < -0.3 is 0 Å². The molecule has 5 nitrogen and oxygen atoms in total. The smallest absolute Gasteiger partial charge is 0.224 e. The highest BCUT2D eigenvalue weighted by atomic mass is 32.2. The summed E-state index contributed by atoms with van der Waals surface area (Å²) >= 11 is 1.41. The SMILES string of the molecule is CS(=O)(=O)c1ccc(CSCCNS(=O)(=O)c2cccc(C(F)(F)F)c2)cc1. The van der Waals surface area contributed by atoms with E-state index < -0.39 is 36.5 Å². The number of halogens is 3. The van der Waals surface area contributed by atoms with E-state index >= 15 is 0 Å².